The molecule has 2 amide bonds. The molecule has 8 nitrogen and oxygen atoms in total. The number of aliphatic carboxylic acids is 1. The van der Waals surface area contributed by atoms with Gasteiger partial charge in [-0.25, -0.2) is 4.79 Å². The van der Waals surface area contributed by atoms with Crippen LogP contribution in [0.25, 0.3) is 12.2 Å². The van der Waals surface area contributed by atoms with Gasteiger partial charge in [0.15, 0.2) is 0 Å². The van der Waals surface area contributed by atoms with Crippen molar-refractivity contribution in [2.24, 2.45) is 11.8 Å². The second kappa shape index (κ2) is 12.3. The maximum atomic E-state index is 13.9. The fraction of sp³-hybridized carbons (Fsp3) is 0.273. The Morgan fingerprint density at radius 2 is 1.60 bits per heavy atom. The quantitative estimate of drug-likeness (QED) is 0.201. The number of carboxylic acids is 1. The van der Waals surface area contributed by atoms with Gasteiger partial charge in [0.05, 0.1) is 31.1 Å². The van der Waals surface area contributed by atoms with Crippen LogP contribution in [0.4, 0.5) is 0 Å². The van der Waals surface area contributed by atoms with Crippen LogP contribution in [0.15, 0.2) is 78.9 Å². The molecule has 4 atom stereocenters. The normalized spacial score (nSPS) is 23.4. The van der Waals surface area contributed by atoms with Crippen molar-refractivity contribution >= 4 is 47.7 Å². The van der Waals surface area contributed by atoms with Crippen molar-refractivity contribution in [3.63, 3.8) is 0 Å². The Morgan fingerprint density at radius 3 is 2.19 bits per heavy atom. The summed E-state index contributed by atoms with van der Waals surface area (Å²) in [5, 5.41) is 13.8. The minimum Gasteiger partial charge on any atom is -0.480 e. The second-order valence-electron chi connectivity index (χ2n) is 10.5. The van der Waals surface area contributed by atoms with Gasteiger partial charge in [0.25, 0.3) is 0 Å². The van der Waals surface area contributed by atoms with Crippen molar-refractivity contribution in [3.8, 4) is 0 Å². The number of imide groups is 1. The summed E-state index contributed by atoms with van der Waals surface area (Å²) >= 11 is 1.49. The highest BCUT2D eigenvalue weighted by Crippen LogP contribution is 2.50. The SMILES string of the molecule is COC(=O)c1ccc(CN2C(=O)C3C(c4ccc(C=Cc5ccccc5)cc4)NC(CCSC)(C(=O)O)C3C2=O)cc1. The fourth-order valence-corrected chi connectivity index (χ4v) is 6.44. The Morgan fingerprint density at radius 1 is 0.952 bits per heavy atom. The van der Waals surface area contributed by atoms with Gasteiger partial charge in [-0.1, -0.05) is 78.9 Å². The van der Waals surface area contributed by atoms with Gasteiger partial charge in [0, 0.05) is 6.04 Å². The van der Waals surface area contributed by atoms with Gasteiger partial charge in [-0.3, -0.25) is 24.6 Å². The first-order chi connectivity index (χ1) is 20.3. The number of hydrogen-bond donors (Lipinski definition) is 2. The van der Waals surface area contributed by atoms with E-state index in [2.05, 4.69) is 5.32 Å². The van der Waals surface area contributed by atoms with Crippen molar-refractivity contribution in [1.82, 2.24) is 10.2 Å². The molecular formula is C33H32N2O6S. The third-order valence-corrected chi connectivity index (χ3v) is 8.72. The molecule has 2 aliphatic rings. The Bertz CT molecular complexity index is 1510. The van der Waals surface area contributed by atoms with Gasteiger partial charge in [-0.15, -0.1) is 0 Å². The Hall–Kier alpha value is -4.21. The lowest BCUT2D eigenvalue weighted by atomic mass is 9.78. The highest BCUT2D eigenvalue weighted by Gasteiger charge is 2.68. The Kier molecular flexibility index (Phi) is 8.61. The zero-order valence-electron chi connectivity index (χ0n) is 23.4. The number of fused-ring (bicyclic) bond motifs is 1. The number of carbonyl (C=O) groups is 4. The third kappa shape index (κ3) is 5.49. The zero-order valence-corrected chi connectivity index (χ0v) is 24.2. The molecule has 2 N–H and O–H groups in total. The number of hydrogen-bond acceptors (Lipinski definition) is 7. The number of thioether (sulfide) groups is 1. The molecule has 4 unspecified atom stereocenters. The van der Waals surface area contributed by atoms with Crippen molar-refractivity contribution < 1.29 is 29.0 Å². The standard InChI is InChI=1S/C33H32N2O6S/c1-41-31(38)25-16-12-23(13-17-25)20-35-29(36)26-27(30(35)37)33(32(39)40,18-19-42-2)34-28(26)24-14-10-22(11-15-24)9-8-21-6-4-3-5-7-21/h3-17,26-28,34H,18-20H2,1-2H3,(H,39,40). The predicted octanol–water partition coefficient (Wildman–Crippen LogP) is 4.67. The van der Waals surface area contributed by atoms with E-state index in [4.69, 9.17) is 4.74 Å². The van der Waals surface area contributed by atoms with Gasteiger partial charge in [0.1, 0.15) is 5.54 Å². The van der Waals surface area contributed by atoms with E-state index >= 15 is 0 Å². The van der Waals surface area contributed by atoms with Crippen LogP contribution < -0.4 is 5.32 Å². The number of esters is 1. The lowest BCUT2D eigenvalue weighted by Gasteiger charge is -2.31. The van der Waals surface area contributed by atoms with E-state index in [-0.39, 0.29) is 13.0 Å². The smallest absolute Gasteiger partial charge is 0.337 e. The molecule has 3 aromatic rings. The van der Waals surface area contributed by atoms with E-state index in [0.29, 0.717) is 16.9 Å². The molecule has 0 aromatic heterocycles. The monoisotopic (exact) mass is 584 g/mol. The lowest BCUT2D eigenvalue weighted by Crippen LogP contribution is -2.56. The lowest BCUT2D eigenvalue weighted by molar-refractivity contribution is -0.151. The van der Waals surface area contributed by atoms with E-state index in [0.717, 1.165) is 16.7 Å². The van der Waals surface area contributed by atoms with Gasteiger partial charge in [0.2, 0.25) is 11.8 Å². The van der Waals surface area contributed by atoms with Crippen LogP contribution in [0.3, 0.4) is 0 Å². The zero-order chi connectivity index (χ0) is 29.9. The molecular weight excluding hydrogens is 552 g/mol. The van der Waals surface area contributed by atoms with E-state index in [1.165, 1.54) is 23.8 Å². The molecule has 2 aliphatic heterocycles. The number of carbonyl (C=O) groups excluding carboxylic acids is 3. The number of rotatable bonds is 10. The Balaban J connectivity index is 1.45. The minimum atomic E-state index is -1.58. The number of ether oxygens (including phenoxy) is 1. The first-order valence-electron chi connectivity index (χ1n) is 13.6. The highest BCUT2D eigenvalue weighted by molar-refractivity contribution is 7.98. The summed E-state index contributed by atoms with van der Waals surface area (Å²) in [4.78, 5) is 53.6. The van der Waals surface area contributed by atoms with Crippen LogP contribution in [0.1, 0.15) is 45.1 Å². The molecule has 2 saturated heterocycles. The first kappa shape index (κ1) is 29.3. The summed E-state index contributed by atoms with van der Waals surface area (Å²) in [6.07, 6.45) is 6.07. The van der Waals surface area contributed by atoms with Crippen LogP contribution in [-0.4, -0.2) is 58.4 Å². The number of nitrogens with zero attached hydrogens (tertiary/aromatic N) is 1. The summed E-state index contributed by atoms with van der Waals surface area (Å²) in [6.45, 7) is -0.0136. The summed E-state index contributed by atoms with van der Waals surface area (Å²) in [6, 6.07) is 23.4. The van der Waals surface area contributed by atoms with E-state index in [1.54, 1.807) is 24.3 Å². The topological polar surface area (TPSA) is 113 Å². The van der Waals surface area contributed by atoms with Gasteiger partial charge in [-0.05, 0) is 52.8 Å². The maximum absolute atomic E-state index is 13.9. The molecule has 2 fully saturated rings. The van der Waals surface area contributed by atoms with Gasteiger partial charge in [-0.2, -0.15) is 11.8 Å². The largest absolute Gasteiger partial charge is 0.480 e. The van der Waals surface area contributed by atoms with Crippen LogP contribution in [0.2, 0.25) is 0 Å². The molecule has 0 aliphatic carbocycles. The first-order valence-corrected chi connectivity index (χ1v) is 15.0. The number of carboxylic acid groups (broad SMARTS) is 1. The number of amides is 2. The molecule has 0 radical (unpaired) electrons. The van der Waals surface area contributed by atoms with Crippen LogP contribution in [0.5, 0.6) is 0 Å². The molecule has 2 heterocycles. The second-order valence-corrected chi connectivity index (χ2v) is 11.5. The minimum absolute atomic E-state index is 0.0136. The summed E-state index contributed by atoms with van der Waals surface area (Å²) in [5.41, 5.74) is 2.19. The number of likely N-dealkylation sites (tertiary alicyclic amines) is 1. The van der Waals surface area contributed by atoms with E-state index in [9.17, 15) is 24.3 Å². The molecule has 5 rings (SSSR count). The van der Waals surface area contributed by atoms with Crippen molar-refractivity contribution in [1.29, 1.82) is 0 Å². The average molecular weight is 585 g/mol. The average Bonchev–Trinajstić information content (AvgIpc) is 3.49. The molecule has 0 saturated carbocycles. The summed E-state index contributed by atoms with van der Waals surface area (Å²) < 4.78 is 4.74. The summed E-state index contributed by atoms with van der Waals surface area (Å²) in [5.74, 6) is -3.93. The third-order valence-electron chi connectivity index (χ3n) is 8.11. The Labute approximate surface area is 248 Å². The molecule has 3 aromatic carbocycles. The van der Waals surface area contributed by atoms with E-state index in [1.807, 2.05) is 73.0 Å². The van der Waals surface area contributed by atoms with Crippen LogP contribution >= 0.6 is 11.8 Å². The predicted molar refractivity (Wildman–Crippen MR) is 161 cm³/mol. The number of methoxy groups -OCH3 is 1. The van der Waals surface area contributed by atoms with Gasteiger partial charge >= 0.3 is 11.9 Å². The van der Waals surface area contributed by atoms with Crippen molar-refractivity contribution in [2.75, 3.05) is 19.1 Å². The molecule has 0 spiro atoms. The van der Waals surface area contributed by atoms with Crippen LogP contribution in [0, 0.1) is 11.8 Å². The number of nitrogens with one attached hydrogen (secondary N) is 1. The van der Waals surface area contributed by atoms with Crippen LogP contribution in [-0.2, 0) is 25.7 Å². The number of benzene rings is 3. The summed E-state index contributed by atoms with van der Waals surface area (Å²) in [7, 11) is 1.29. The highest BCUT2D eigenvalue weighted by atomic mass is 32.2. The van der Waals surface area contributed by atoms with Crippen molar-refractivity contribution in [2.45, 2.75) is 24.5 Å². The molecule has 42 heavy (non-hydrogen) atoms. The van der Waals surface area contributed by atoms with Crippen molar-refractivity contribution in [3.05, 3.63) is 107 Å². The molecule has 0 bridgehead atoms. The maximum Gasteiger partial charge on any atom is 0.337 e. The fourth-order valence-electron chi connectivity index (χ4n) is 5.92. The molecule has 216 valence electrons. The molecule has 9 heteroatoms. The van der Waals surface area contributed by atoms with Gasteiger partial charge < -0.3 is 9.84 Å². The van der Waals surface area contributed by atoms with E-state index < -0.39 is 47.2 Å².